The van der Waals surface area contributed by atoms with E-state index in [1.807, 2.05) is 0 Å². The van der Waals surface area contributed by atoms with Crippen LogP contribution >= 0.6 is 0 Å². The second-order valence-corrected chi connectivity index (χ2v) is 14.1. The van der Waals surface area contributed by atoms with E-state index in [-0.39, 0.29) is 44.7 Å². The first-order valence-electron chi connectivity index (χ1n) is 17.5. The Balaban J connectivity index is 1.93. The van der Waals surface area contributed by atoms with Crippen LogP contribution in [0.25, 0.3) is 10.8 Å². The number of aliphatic carboxylic acids is 1. The molecule has 1 amide bonds. The van der Waals surface area contributed by atoms with E-state index in [9.17, 15) is 44.7 Å². The van der Waals surface area contributed by atoms with Crippen LogP contribution in [0.15, 0.2) is 42.2 Å². The average Bonchev–Trinajstić information content (AvgIpc) is 3.38. The largest absolute Gasteiger partial charge is 0.507 e. The highest BCUT2D eigenvalue weighted by Gasteiger charge is 2.49. The number of ether oxygens (including phenoxy) is 5. The van der Waals surface area contributed by atoms with Gasteiger partial charge in [0.05, 0.1) is 41.2 Å². The minimum absolute atomic E-state index is 0.0301. The van der Waals surface area contributed by atoms with Crippen molar-refractivity contribution >= 4 is 40.1 Å². The fourth-order valence-electron chi connectivity index (χ4n) is 6.89. The number of carboxylic acid groups (broad SMARTS) is 1. The standard InChI is InChI=1S/C39H49NO14/c1-17-11-10-12-18(2)38(49)40-24-15-26(51-16-27(42)43)28-29(34(24)47)33(46)22(6)36-30(28)37(48)39(8,54-36)52-14-13-25(50-9)19(3)35(53-23(7)41)21(5)32(45)20(4)31(17)44/h10-15,17,19-21,25,31-32,35,44-47H,16H2,1-9H3,(H,40,49)(H,42,43)/t17-,19+,20+,21+,25-,31-,32+,35+,39-/m0/s1. The number of nitrogens with one attached hydrogen (secondary N) is 1. The number of anilines is 1. The number of carbonyl (C=O) groups is 4. The second-order valence-electron chi connectivity index (χ2n) is 14.1. The van der Waals surface area contributed by atoms with Crippen molar-refractivity contribution in [2.24, 2.45) is 23.7 Å². The van der Waals surface area contributed by atoms with Crippen molar-refractivity contribution in [3.8, 4) is 23.0 Å². The number of esters is 1. The third-order valence-corrected chi connectivity index (χ3v) is 10.2. The van der Waals surface area contributed by atoms with Gasteiger partial charge in [-0.25, -0.2) is 4.79 Å². The normalized spacial score (nSPS) is 29.4. The van der Waals surface area contributed by atoms with Gasteiger partial charge < -0.3 is 54.5 Å². The highest BCUT2D eigenvalue weighted by atomic mass is 16.7. The number of phenolic OH excluding ortho intramolecular Hbond substituents is 2. The SMILES string of the molecule is CO[C@H]1C=CO[C@@]2(C)Oc3c(C)c(O)c4c(O)c(cc(OCC(=O)O)c4c3C2=O)NC(=O)C(C)=CC=C[C@H](C)[C@H](O)[C@@H](C)[C@@H](O)[C@@H](C)[C@H](OC(C)=O)[C@@H]1C. The summed E-state index contributed by atoms with van der Waals surface area (Å²) < 4.78 is 28.9. The number of aliphatic hydroxyl groups excluding tert-OH is 2. The number of phenols is 2. The molecule has 54 heavy (non-hydrogen) atoms. The van der Waals surface area contributed by atoms with Gasteiger partial charge in [0.25, 0.3) is 11.7 Å². The van der Waals surface area contributed by atoms with Crippen LogP contribution in [0.4, 0.5) is 5.69 Å². The Bertz CT molecular complexity index is 1900. The fraction of sp³-hybridized carbons (Fsp3) is 0.487. The fourth-order valence-corrected chi connectivity index (χ4v) is 6.89. The van der Waals surface area contributed by atoms with Crippen LogP contribution in [-0.2, 0) is 28.6 Å². The van der Waals surface area contributed by atoms with Crippen LogP contribution in [0.5, 0.6) is 23.0 Å². The molecule has 294 valence electrons. The van der Waals surface area contributed by atoms with Crippen molar-refractivity contribution in [1.82, 2.24) is 0 Å². The molecular weight excluding hydrogens is 706 g/mol. The van der Waals surface area contributed by atoms with E-state index < -0.39 is 95.6 Å². The summed E-state index contributed by atoms with van der Waals surface area (Å²) in [4.78, 5) is 51.3. The molecule has 6 N–H and O–H groups in total. The average molecular weight is 756 g/mol. The van der Waals surface area contributed by atoms with Gasteiger partial charge >= 0.3 is 17.7 Å². The summed E-state index contributed by atoms with van der Waals surface area (Å²) >= 11 is 0. The summed E-state index contributed by atoms with van der Waals surface area (Å²) in [6.07, 6.45) is 3.37. The number of amides is 1. The van der Waals surface area contributed by atoms with Gasteiger partial charge in [-0.1, -0.05) is 45.9 Å². The summed E-state index contributed by atoms with van der Waals surface area (Å²) in [7, 11) is 1.41. The lowest BCUT2D eigenvalue weighted by atomic mass is 9.78. The first kappa shape index (κ1) is 41.6. The number of aliphatic hydroxyl groups is 2. The van der Waals surface area contributed by atoms with Crippen LogP contribution in [0.1, 0.15) is 64.4 Å². The molecule has 5 bridgehead atoms. The Morgan fingerprint density at radius 1 is 0.963 bits per heavy atom. The predicted molar refractivity (Wildman–Crippen MR) is 195 cm³/mol. The lowest BCUT2D eigenvalue weighted by Crippen LogP contribution is -2.46. The molecule has 0 radical (unpaired) electrons. The topological polar surface area (TPSA) is 228 Å². The number of methoxy groups -OCH3 is 1. The Hall–Kier alpha value is -5.12. The Morgan fingerprint density at radius 3 is 2.24 bits per heavy atom. The first-order chi connectivity index (χ1) is 25.2. The zero-order chi connectivity index (χ0) is 40.4. The molecule has 0 saturated heterocycles. The van der Waals surface area contributed by atoms with Gasteiger partial charge in [0.15, 0.2) is 12.4 Å². The van der Waals surface area contributed by atoms with Crippen molar-refractivity contribution in [3.63, 3.8) is 0 Å². The number of hydrogen-bond acceptors (Lipinski definition) is 13. The molecule has 2 aromatic rings. The lowest BCUT2D eigenvalue weighted by molar-refractivity contribution is -0.160. The molecule has 3 heterocycles. The van der Waals surface area contributed by atoms with Gasteiger partial charge in [0.1, 0.15) is 23.4 Å². The monoisotopic (exact) mass is 755 g/mol. The van der Waals surface area contributed by atoms with E-state index >= 15 is 0 Å². The van der Waals surface area contributed by atoms with E-state index in [0.29, 0.717) is 0 Å². The number of benzene rings is 2. The second kappa shape index (κ2) is 16.5. The maximum atomic E-state index is 14.2. The molecule has 0 unspecified atom stereocenters. The molecule has 0 saturated carbocycles. The summed E-state index contributed by atoms with van der Waals surface area (Å²) in [5, 5.41) is 57.0. The molecule has 3 aliphatic heterocycles. The van der Waals surface area contributed by atoms with E-state index in [1.165, 1.54) is 53.2 Å². The van der Waals surface area contributed by atoms with Gasteiger partial charge in [-0.3, -0.25) is 14.4 Å². The highest BCUT2D eigenvalue weighted by Crippen LogP contribution is 2.54. The minimum Gasteiger partial charge on any atom is -0.507 e. The molecule has 3 aliphatic rings. The molecular formula is C39H49NO14. The third kappa shape index (κ3) is 8.17. The molecule has 0 fully saturated rings. The molecule has 9 atom stereocenters. The van der Waals surface area contributed by atoms with Gasteiger partial charge in [0, 0.05) is 67.2 Å². The molecule has 15 nitrogen and oxygen atoms in total. The van der Waals surface area contributed by atoms with Gasteiger partial charge in [-0.2, -0.15) is 0 Å². The van der Waals surface area contributed by atoms with Crippen molar-refractivity contribution in [1.29, 1.82) is 0 Å². The molecule has 0 spiro atoms. The van der Waals surface area contributed by atoms with E-state index in [4.69, 9.17) is 23.7 Å². The van der Waals surface area contributed by atoms with Gasteiger partial charge in [0.2, 0.25) is 0 Å². The summed E-state index contributed by atoms with van der Waals surface area (Å²) in [6, 6.07) is 1.13. The Labute approximate surface area is 312 Å². The number of hydrogen-bond donors (Lipinski definition) is 6. The molecule has 2 aromatic carbocycles. The third-order valence-electron chi connectivity index (χ3n) is 10.2. The van der Waals surface area contributed by atoms with E-state index in [2.05, 4.69) is 5.32 Å². The maximum Gasteiger partial charge on any atom is 0.341 e. The van der Waals surface area contributed by atoms with Crippen molar-refractivity contribution < 1.29 is 68.4 Å². The lowest BCUT2D eigenvalue weighted by Gasteiger charge is -2.38. The zero-order valence-corrected chi connectivity index (χ0v) is 31.7. The summed E-state index contributed by atoms with van der Waals surface area (Å²) in [5.74, 6) is -9.54. The number of carboxylic acids is 1. The Morgan fingerprint density at radius 2 is 1.63 bits per heavy atom. The van der Waals surface area contributed by atoms with Crippen molar-refractivity contribution in [2.45, 2.75) is 85.6 Å². The number of fused-ring (bicyclic) bond motifs is 14. The molecule has 0 aromatic heterocycles. The summed E-state index contributed by atoms with van der Waals surface area (Å²) in [5.41, 5.74) is -0.251. The minimum atomic E-state index is -2.05. The number of rotatable bonds is 5. The van der Waals surface area contributed by atoms with Crippen LogP contribution in [0.2, 0.25) is 0 Å². The number of Topliss-reactive ketones (excluding diaryl/α,β-unsaturated/α-hetero) is 1. The molecule has 15 heteroatoms. The quantitative estimate of drug-likeness (QED) is 0.182. The first-order valence-corrected chi connectivity index (χ1v) is 17.5. The van der Waals surface area contributed by atoms with Crippen LogP contribution < -0.4 is 14.8 Å². The smallest absolute Gasteiger partial charge is 0.341 e. The predicted octanol–water partition coefficient (Wildman–Crippen LogP) is 4.51. The van der Waals surface area contributed by atoms with Crippen molar-refractivity contribution in [3.05, 3.63) is 53.3 Å². The highest BCUT2D eigenvalue weighted by molar-refractivity contribution is 6.21. The van der Waals surface area contributed by atoms with Crippen LogP contribution in [0.3, 0.4) is 0 Å². The molecule has 5 rings (SSSR count). The van der Waals surface area contributed by atoms with Gasteiger partial charge in [-0.15, -0.1) is 0 Å². The van der Waals surface area contributed by atoms with E-state index in [1.54, 1.807) is 39.8 Å². The number of allylic oxidation sites excluding steroid dienone is 2. The van der Waals surface area contributed by atoms with Crippen LogP contribution in [-0.4, -0.2) is 93.1 Å². The van der Waals surface area contributed by atoms with Crippen molar-refractivity contribution in [2.75, 3.05) is 19.0 Å². The van der Waals surface area contributed by atoms with E-state index in [0.717, 1.165) is 6.07 Å². The summed E-state index contributed by atoms with van der Waals surface area (Å²) in [6.45, 7) is 11.4. The Kier molecular flexibility index (Phi) is 12.7. The number of ketones is 1. The van der Waals surface area contributed by atoms with Gasteiger partial charge in [-0.05, 0) is 19.9 Å². The maximum absolute atomic E-state index is 14.2. The molecule has 0 aliphatic carbocycles. The number of aromatic hydroxyl groups is 2. The van der Waals surface area contributed by atoms with Crippen LogP contribution in [0, 0.1) is 30.6 Å². The zero-order valence-electron chi connectivity index (χ0n) is 31.7. The number of carbonyl (C=O) groups excluding carboxylic acids is 3.